The van der Waals surface area contributed by atoms with Crippen molar-refractivity contribution in [3.8, 4) is 0 Å². The summed E-state index contributed by atoms with van der Waals surface area (Å²) in [7, 11) is 0. The molecular weight excluding hydrogens is 192 g/mol. The third-order valence-electron chi connectivity index (χ3n) is 2.67. The normalized spacial score (nSPS) is 18.7. The molecule has 2 rings (SSSR count). The molecule has 0 aromatic carbocycles. The second-order valence-electron chi connectivity index (χ2n) is 4.50. The van der Waals surface area contributed by atoms with Gasteiger partial charge in [-0.3, -0.25) is 4.68 Å². The van der Waals surface area contributed by atoms with E-state index in [4.69, 9.17) is 4.74 Å². The predicted octanol–water partition coefficient (Wildman–Crippen LogP) is 0.294. The largest absolute Gasteiger partial charge is 0.380 e. The molecule has 0 atom stereocenters. The van der Waals surface area contributed by atoms with E-state index in [9.17, 15) is 0 Å². The molecule has 0 aliphatic carbocycles. The number of ether oxygens (including phenoxy) is 1. The van der Waals surface area contributed by atoms with E-state index < -0.39 is 0 Å². The van der Waals surface area contributed by atoms with Gasteiger partial charge in [-0.05, 0) is 13.0 Å². The Kier molecular flexibility index (Phi) is 3.33. The lowest BCUT2D eigenvalue weighted by atomic mass is 9.89. The van der Waals surface area contributed by atoms with E-state index >= 15 is 0 Å². The Bertz CT molecular complexity index is 282. The highest BCUT2D eigenvalue weighted by molar-refractivity contribution is 4.82. The first-order valence-corrected chi connectivity index (χ1v) is 5.41. The second-order valence-corrected chi connectivity index (χ2v) is 4.50. The first-order valence-electron chi connectivity index (χ1n) is 5.41. The first kappa shape index (κ1) is 10.6. The number of hydrogen-bond donors (Lipinski definition) is 1. The Labute approximate surface area is 89.8 Å². The lowest BCUT2D eigenvalue weighted by Gasteiger charge is -2.38. The van der Waals surface area contributed by atoms with Gasteiger partial charge in [-0.2, -0.15) is 0 Å². The Morgan fingerprint density at radius 1 is 1.53 bits per heavy atom. The highest BCUT2D eigenvalue weighted by atomic mass is 16.5. The van der Waals surface area contributed by atoms with Crippen molar-refractivity contribution in [1.82, 2.24) is 20.3 Å². The molecule has 0 unspecified atom stereocenters. The summed E-state index contributed by atoms with van der Waals surface area (Å²) in [5, 5.41) is 11.1. The number of nitrogens with zero attached hydrogens (tertiary/aromatic N) is 3. The number of rotatable bonds is 6. The Balaban J connectivity index is 1.52. The van der Waals surface area contributed by atoms with Gasteiger partial charge in [0, 0.05) is 24.7 Å². The van der Waals surface area contributed by atoms with Crippen LogP contribution in [-0.4, -0.2) is 41.3 Å². The molecule has 1 N–H and O–H groups in total. The van der Waals surface area contributed by atoms with Crippen LogP contribution in [-0.2, 0) is 11.3 Å². The molecule has 2 heterocycles. The topological polar surface area (TPSA) is 52.0 Å². The molecule has 1 fully saturated rings. The van der Waals surface area contributed by atoms with E-state index in [0.29, 0.717) is 5.41 Å². The summed E-state index contributed by atoms with van der Waals surface area (Å²) in [6, 6.07) is 0. The van der Waals surface area contributed by atoms with Crippen molar-refractivity contribution >= 4 is 0 Å². The van der Waals surface area contributed by atoms with Gasteiger partial charge in [0.25, 0.3) is 0 Å². The summed E-state index contributed by atoms with van der Waals surface area (Å²) in [5.74, 6) is 0. The highest BCUT2D eigenvalue weighted by Gasteiger charge is 2.32. The van der Waals surface area contributed by atoms with Gasteiger partial charge in [0.15, 0.2) is 0 Å². The maximum Gasteiger partial charge on any atom is 0.0692 e. The Hall–Kier alpha value is -0.940. The van der Waals surface area contributed by atoms with Crippen molar-refractivity contribution in [3.63, 3.8) is 0 Å². The Morgan fingerprint density at radius 2 is 2.40 bits per heavy atom. The monoisotopic (exact) mass is 210 g/mol. The van der Waals surface area contributed by atoms with E-state index in [1.165, 1.54) is 0 Å². The number of nitrogens with one attached hydrogen (secondary N) is 1. The summed E-state index contributed by atoms with van der Waals surface area (Å²) in [4.78, 5) is 0. The van der Waals surface area contributed by atoms with Crippen molar-refractivity contribution in [3.05, 3.63) is 12.4 Å². The lowest BCUT2D eigenvalue weighted by molar-refractivity contribution is -0.0989. The number of aromatic nitrogens is 3. The summed E-state index contributed by atoms with van der Waals surface area (Å²) >= 11 is 0. The molecular formula is C10H18N4O. The third-order valence-corrected chi connectivity index (χ3v) is 2.67. The first-order chi connectivity index (χ1) is 7.29. The van der Waals surface area contributed by atoms with Crippen LogP contribution < -0.4 is 5.32 Å². The van der Waals surface area contributed by atoms with Gasteiger partial charge in [0.1, 0.15) is 0 Å². The van der Waals surface area contributed by atoms with Crippen LogP contribution in [0.5, 0.6) is 0 Å². The number of aryl methyl sites for hydroxylation is 1. The Morgan fingerprint density at radius 3 is 3.00 bits per heavy atom. The maximum absolute atomic E-state index is 5.19. The maximum atomic E-state index is 5.19. The molecule has 1 aliphatic heterocycles. The van der Waals surface area contributed by atoms with Gasteiger partial charge in [-0.25, -0.2) is 0 Å². The van der Waals surface area contributed by atoms with Crippen molar-refractivity contribution in [1.29, 1.82) is 0 Å². The molecule has 84 valence electrons. The molecule has 1 saturated heterocycles. The summed E-state index contributed by atoms with van der Waals surface area (Å²) < 4.78 is 7.05. The van der Waals surface area contributed by atoms with Gasteiger partial charge < -0.3 is 10.1 Å². The molecule has 1 aromatic heterocycles. The molecule has 0 bridgehead atoms. The predicted molar refractivity (Wildman–Crippen MR) is 56.4 cm³/mol. The summed E-state index contributed by atoms with van der Waals surface area (Å²) in [5.41, 5.74) is 0.368. The molecule has 5 heteroatoms. The fraction of sp³-hybridized carbons (Fsp3) is 0.800. The van der Waals surface area contributed by atoms with Crippen LogP contribution in [0, 0.1) is 5.41 Å². The van der Waals surface area contributed by atoms with Crippen molar-refractivity contribution in [2.24, 2.45) is 5.41 Å². The molecule has 15 heavy (non-hydrogen) atoms. The van der Waals surface area contributed by atoms with Crippen molar-refractivity contribution in [2.45, 2.75) is 19.9 Å². The van der Waals surface area contributed by atoms with Crippen LogP contribution in [0.3, 0.4) is 0 Å². The SMILES string of the molecule is CC1(CNCCCn2ccnn2)COC1. The highest BCUT2D eigenvalue weighted by Crippen LogP contribution is 2.24. The molecule has 1 aromatic rings. The molecule has 0 radical (unpaired) electrons. The fourth-order valence-corrected chi connectivity index (χ4v) is 1.66. The zero-order chi connectivity index (χ0) is 10.6. The zero-order valence-electron chi connectivity index (χ0n) is 9.15. The van der Waals surface area contributed by atoms with Crippen molar-refractivity contribution < 1.29 is 4.74 Å². The van der Waals surface area contributed by atoms with Crippen molar-refractivity contribution in [2.75, 3.05) is 26.3 Å². The van der Waals surface area contributed by atoms with Gasteiger partial charge >= 0.3 is 0 Å². The molecule has 1 aliphatic rings. The standard InChI is InChI=1S/C10H18N4O/c1-10(8-15-9-10)7-11-3-2-5-14-6-4-12-13-14/h4,6,11H,2-3,5,7-9H2,1H3. The van der Waals surface area contributed by atoms with Crippen LogP contribution in [0.1, 0.15) is 13.3 Å². The lowest BCUT2D eigenvalue weighted by Crippen LogP contribution is -2.47. The smallest absolute Gasteiger partial charge is 0.0692 e. The van der Waals surface area contributed by atoms with Crippen LogP contribution in [0.25, 0.3) is 0 Å². The van der Waals surface area contributed by atoms with Crippen LogP contribution in [0.4, 0.5) is 0 Å². The van der Waals surface area contributed by atoms with Gasteiger partial charge in [-0.1, -0.05) is 12.1 Å². The average Bonchev–Trinajstić information content (AvgIpc) is 2.67. The fourth-order valence-electron chi connectivity index (χ4n) is 1.66. The molecule has 5 nitrogen and oxygen atoms in total. The minimum Gasteiger partial charge on any atom is -0.380 e. The van der Waals surface area contributed by atoms with Gasteiger partial charge in [0.05, 0.1) is 19.4 Å². The zero-order valence-corrected chi connectivity index (χ0v) is 9.15. The average molecular weight is 210 g/mol. The summed E-state index contributed by atoms with van der Waals surface area (Å²) in [6.45, 7) is 7.03. The van der Waals surface area contributed by atoms with E-state index in [-0.39, 0.29) is 0 Å². The minimum atomic E-state index is 0.368. The van der Waals surface area contributed by atoms with E-state index in [1.54, 1.807) is 6.20 Å². The van der Waals surface area contributed by atoms with Gasteiger partial charge in [-0.15, -0.1) is 5.10 Å². The molecule has 0 amide bonds. The third kappa shape index (κ3) is 3.00. The minimum absolute atomic E-state index is 0.368. The van der Waals surface area contributed by atoms with E-state index in [1.807, 2.05) is 10.9 Å². The molecule has 0 spiro atoms. The van der Waals surface area contributed by atoms with E-state index in [2.05, 4.69) is 22.6 Å². The van der Waals surface area contributed by atoms with Crippen LogP contribution in [0.2, 0.25) is 0 Å². The quantitative estimate of drug-likeness (QED) is 0.686. The van der Waals surface area contributed by atoms with E-state index in [0.717, 1.165) is 39.3 Å². The molecule has 0 saturated carbocycles. The number of hydrogen-bond acceptors (Lipinski definition) is 4. The van der Waals surface area contributed by atoms with Gasteiger partial charge in [0.2, 0.25) is 0 Å². The van der Waals surface area contributed by atoms with Crippen LogP contribution >= 0.6 is 0 Å². The second kappa shape index (κ2) is 4.72. The van der Waals surface area contributed by atoms with Crippen LogP contribution in [0.15, 0.2) is 12.4 Å². The summed E-state index contributed by atoms with van der Waals surface area (Å²) in [6.07, 6.45) is 4.68.